The van der Waals surface area contributed by atoms with Gasteiger partial charge >= 0.3 is 0 Å². The van der Waals surface area contributed by atoms with Crippen molar-refractivity contribution in [3.05, 3.63) is 29.6 Å². The molecule has 120 valence electrons. The molecule has 0 aromatic carbocycles. The Balaban J connectivity index is 1.45. The van der Waals surface area contributed by atoms with Gasteiger partial charge < -0.3 is 14.4 Å². The van der Waals surface area contributed by atoms with Gasteiger partial charge in [-0.05, 0) is 25.5 Å². The third kappa shape index (κ3) is 3.45. The maximum Gasteiger partial charge on any atom is 0.248 e. The molecule has 1 spiro atoms. The van der Waals surface area contributed by atoms with Gasteiger partial charge in [-0.3, -0.25) is 9.78 Å². The molecule has 0 bridgehead atoms. The van der Waals surface area contributed by atoms with Gasteiger partial charge in [-0.25, -0.2) is 0 Å². The van der Waals surface area contributed by atoms with Crippen LogP contribution in [0.25, 0.3) is 0 Å². The van der Waals surface area contributed by atoms with Crippen molar-refractivity contribution in [1.29, 1.82) is 0 Å². The number of ether oxygens (including phenoxy) is 2. The average Bonchev–Trinajstić information content (AvgIpc) is 2.88. The van der Waals surface area contributed by atoms with E-state index in [2.05, 4.69) is 4.98 Å². The van der Waals surface area contributed by atoms with Crippen LogP contribution in [0.1, 0.15) is 17.8 Å². The third-order valence-corrected chi connectivity index (χ3v) is 5.74. The van der Waals surface area contributed by atoms with Gasteiger partial charge in [0.15, 0.2) is 0 Å². The van der Waals surface area contributed by atoms with Crippen molar-refractivity contribution in [2.75, 3.05) is 32.6 Å². The molecule has 2 fully saturated rings. The van der Waals surface area contributed by atoms with Crippen LogP contribution in [0.5, 0.6) is 0 Å². The van der Waals surface area contributed by atoms with Gasteiger partial charge in [-0.1, -0.05) is 6.07 Å². The van der Waals surface area contributed by atoms with E-state index in [1.54, 1.807) is 7.11 Å². The normalized spacial score (nSPS) is 22.8. The Bertz CT molecular complexity index is 546. The van der Waals surface area contributed by atoms with E-state index >= 15 is 0 Å². The predicted octanol–water partition coefficient (Wildman–Crippen LogP) is 1.64. The summed E-state index contributed by atoms with van der Waals surface area (Å²) in [5, 5.41) is 0. The molecular weight excluding hydrogens is 300 g/mol. The number of carbonyl (C=O) groups is 1. The highest BCUT2D eigenvalue weighted by Gasteiger charge is 2.50. The van der Waals surface area contributed by atoms with Crippen LogP contribution in [0.2, 0.25) is 0 Å². The molecule has 0 aliphatic carbocycles. The largest absolute Gasteiger partial charge is 0.375 e. The molecule has 1 amide bonds. The summed E-state index contributed by atoms with van der Waals surface area (Å²) in [6.07, 6.45) is 1.27. The SMILES string of the molecule is COCC(=O)N1CC2(C[C@@H](OCc3cccc(C)n3)CS2)C1. The summed E-state index contributed by atoms with van der Waals surface area (Å²) in [6.45, 7) is 4.38. The number of hydrogen-bond acceptors (Lipinski definition) is 5. The summed E-state index contributed by atoms with van der Waals surface area (Å²) in [5.74, 6) is 1.08. The van der Waals surface area contributed by atoms with Gasteiger partial charge in [0, 0.05) is 31.6 Å². The molecule has 2 aliphatic heterocycles. The van der Waals surface area contributed by atoms with Crippen molar-refractivity contribution in [2.24, 2.45) is 0 Å². The van der Waals surface area contributed by atoms with Crippen molar-refractivity contribution >= 4 is 17.7 Å². The lowest BCUT2D eigenvalue weighted by Crippen LogP contribution is -2.61. The number of nitrogens with zero attached hydrogens (tertiary/aromatic N) is 2. The van der Waals surface area contributed by atoms with Crippen LogP contribution < -0.4 is 0 Å². The van der Waals surface area contributed by atoms with Crippen LogP contribution in [-0.4, -0.2) is 59.2 Å². The molecule has 5 nitrogen and oxygen atoms in total. The zero-order valence-corrected chi connectivity index (χ0v) is 13.9. The molecular formula is C16H22N2O3S. The Kier molecular flexibility index (Phi) is 4.70. The first-order valence-corrected chi connectivity index (χ1v) is 8.54. The van der Waals surface area contributed by atoms with E-state index in [9.17, 15) is 4.79 Å². The predicted molar refractivity (Wildman–Crippen MR) is 85.8 cm³/mol. The first-order valence-electron chi connectivity index (χ1n) is 7.55. The molecule has 1 aromatic rings. The Hall–Kier alpha value is -1.11. The Morgan fingerprint density at radius 1 is 1.50 bits per heavy atom. The van der Waals surface area contributed by atoms with Crippen molar-refractivity contribution in [2.45, 2.75) is 30.8 Å². The molecule has 3 rings (SSSR count). The van der Waals surface area contributed by atoms with E-state index in [1.165, 1.54) is 0 Å². The highest BCUT2D eigenvalue weighted by Crippen LogP contribution is 2.46. The second kappa shape index (κ2) is 6.56. The Morgan fingerprint density at radius 2 is 2.32 bits per heavy atom. The smallest absolute Gasteiger partial charge is 0.248 e. The number of hydrogen-bond donors (Lipinski definition) is 0. The van der Waals surface area contributed by atoms with E-state index in [1.807, 2.05) is 41.8 Å². The second-order valence-electron chi connectivity index (χ2n) is 6.08. The number of amides is 1. The quantitative estimate of drug-likeness (QED) is 0.825. The summed E-state index contributed by atoms with van der Waals surface area (Å²) >= 11 is 1.94. The minimum atomic E-state index is 0.0852. The lowest BCUT2D eigenvalue weighted by molar-refractivity contribution is -0.140. The molecule has 0 N–H and O–H groups in total. The zero-order valence-electron chi connectivity index (χ0n) is 13.1. The lowest BCUT2D eigenvalue weighted by Gasteiger charge is -2.47. The van der Waals surface area contributed by atoms with Crippen LogP contribution >= 0.6 is 11.8 Å². The molecule has 6 heteroatoms. The fraction of sp³-hybridized carbons (Fsp3) is 0.625. The van der Waals surface area contributed by atoms with Crippen LogP contribution in [0.3, 0.4) is 0 Å². The Morgan fingerprint density at radius 3 is 3.05 bits per heavy atom. The number of rotatable bonds is 5. The van der Waals surface area contributed by atoms with E-state index in [4.69, 9.17) is 9.47 Å². The molecule has 0 unspecified atom stereocenters. The van der Waals surface area contributed by atoms with E-state index < -0.39 is 0 Å². The topological polar surface area (TPSA) is 51.7 Å². The number of aryl methyl sites for hydroxylation is 1. The number of likely N-dealkylation sites (tertiary alicyclic amines) is 1. The summed E-state index contributed by atoms with van der Waals surface area (Å²) in [5.41, 5.74) is 2.00. The number of thioether (sulfide) groups is 1. The third-order valence-electron chi connectivity index (χ3n) is 4.17. The number of aromatic nitrogens is 1. The second-order valence-corrected chi connectivity index (χ2v) is 7.57. The molecule has 2 saturated heterocycles. The Labute approximate surface area is 135 Å². The van der Waals surface area contributed by atoms with Crippen LogP contribution in [0, 0.1) is 6.92 Å². The van der Waals surface area contributed by atoms with Gasteiger partial charge in [0.05, 0.1) is 23.2 Å². The number of carbonyl (C=O) groups excluding carboxylic acids is 1. The summed E-state index contributed by atoms with van der Waals surface area (Å²) in [6, 6.07) is 6.00. The summed E-state index contributed by atoms with van der Waals surface area (Å²) in [4.78, 5) is 18.1. The standard InChI is InChI=1S/C16H22N2O3S/c1-12-4-3-5-13(17-12)7-21-14-6-16(22-9-14)10-18(11-16)15(19)8-20-2/h3-5,14H,6-11H2,1-2H3/t14-/m1/s1. The van der Waals surface area contributed by atoms with Gasteiger partial charge in [-0.2, -0.15) is 0 Å². The van der Waals surface area contributed by atoms with Crippen molar-refractivity contribution in [3.8, 4) is 0 Å². The van der Waals surface area contributed by atoms with Crippen LogP contribution in [0.15, 0.2) is 18.2 Å². The molecule has 2 aliphatic rings. The minimum absolute atomic E-state index is 0.0852. The molecule has 0 saturated carbocycles. The van der Waals surface area contributed by atoms with Gasteiger partial charge in [0.1, 0.15) is 6.61 Å². The van der Waals surface area contributed by atoms with Gasteiger partial charge in [0.25, 0.3) is 0 Å². The van der Waals surface area contributed by atoms with Crippen molar-refractivity contribution in [1.82, 2.24) is 9.88 Å². The first kappa shape index (κ1) is 15.8. The molecule has 1 atom stereocenters. The van der Waals surface area contributed by atoms with Gasteiger partial charge in [-0.15, -0.1) is 11.8 Å². The molecule has 0 radical (unpaired) electrons. The van der Waals surface area contributed by atoms with Crippen LogP contribution in [0.4, 0.5) is 0 Å². The maximum absolute atomic E-state index is 11.7. The molecule has 22 heavy (non-hydrogen) atoms. The van der Waals surface area contributed by atoms with Crippen molar-refractivity contribution < 1.29 is 14.3 Å². The molecule has 1 aromatic heterocycles. The van der Waals surface area contributed by atoms with Crippen LogP contribution in [-0.2, 0) is 20.9 Å². The minimum Gasteiger partial charge on any atom is -0.375 e. The van der Waals surface area contributed by atoms with E-state index in [0.29, 0.717) is 6.61 Å². The summed E-state index contributed by atoms with van der Waals surface area (Å²) in [7, 11) is 1.56. The highest BCUT2D eigenvalue weighted by atomic mass is 32.2. The molecule has 3 heterocycles. The number of methoxy groups -OCH3 is 1. The van der Waals surface area contributed by atoms with Crippen molar-refractivity contribution in [3.63, 3.8) is 0 Å². The fourth-order valence-electron chi connectivity index (χ4n) is 3.05. The summed E-state index contributed by atoms with van der Waals surface area (Å²) < 4.78 is 11.1. The average molecular weight is 322 g/mol. The monoisotopic (exact) mass is 322 g/mol. The van der Waals surface area contributed by atoms with Gasteiger partial charge in [0.2, 0.25) is 5.91 Å². The van der Waals surface area contributed by atoms with E-state index in [-0.39, 0.29) is 23.4 Å². The maximum atomic E-state index is 11.7. The zero-order chi connectivity index (χ0) is 15.6. The first-order chi connectivity index (χ1) is 10.6. The lowest BCUT2D eigenvalue weighted by atomic mass is 9.93. The van der Waals surface area contributed by atoms with E-state index in [0.717, 1.165) is 36.7 Å². The number of pyridine rings is 1. The fourth-order valence-corrected chi connectivity index (χ4v) is 4.61. The highest BCUT2D eigenvalue weighted by molar-refractivity contribution is 8.01.